The first kappa shape index (κ1) is 24.6. The van der Waals surface area contributed by atoms with Crippen molar-refractivity contribution in [3.63, 3.8) is 0 Å². The van der Waals surface area contributed by atoms with Crippen LogP contribution >= 0.6 is 0 Å². The van der Waals surface area contributed by atoms with Crippen LogP contribution in [0.5, 0.6) is 11.5 Å². The molecule has 0 aliphatic carbocycles. The molecule has 5 rings (SSSR count). The second-order valence-electron chi connectivity index (χ2n) is 9.18. The summed E-state index contributed by atoms with van der Waals surface area (Å²) in [6.07, 6.45) is 0. The molecule has 0 heterocycles. The Morgan fingerprint density at radius 3 is 2.11 bits per heavy atom. The number of azo groups is 2. The highest BCUT2D eigenvalue weighted by atomic mass is 16.3. The average molecular weight is 502 g/mol. The van der Waals surface area contributed by atoms with Gasteiger partial charge >= 0.3 is 0 Å². The lowest BCUT2D eigenvalue weighted by Gasteiger charge is -2.11. The number of aryl methyl sites for hydroxylation is 3. The minimum absolute atomic E-state index is 0.0368. The van der Waals surface area contributed by atoms with Crippen molar-refractivity contribution in [3.8, 4) is 11.5 Å². The van der Waals surface area contributed by atoms with Crippen molar-refractivity contribution in [2.75, 3.05) is 5.32 Å². The molecule has 0 aliphatic heterocycles. The van der Waals surface area contributed by atoms with Crippen LogP contribution in [0.15, 0.2) is 111 Å². The predicted molar refractivity (Wildman–Crippen MR) is 152 cm³/mol. The second kappa shape index (κ2) is 10.5. The van der Waals surface area contributed by atoms with E-state index in [1.807, 2.05) is 99.6 Å². The van der Waals surface area contributed by atoms with E-state index in [1.54, 1.807) is 6.07 Å². The van der Waals surface area contributed by atoms with E-state index in [4.69, 9.17) is 0 Å². The van der Waals surface area contributed by atoms with E-state index < -0.39 is 0 Å². The van der Waals surface area contributed by atoms with Gasteiger partial charge in [-0.2, -0.15) is 10.2 Å². The van der Waals surface area contributed by atoms with E-state index in [2.05, 4.69) is 25.8 Å². The summed E-state index contributed by atoms with van der Waals surface area (Å²) >= 11 is 0. The molecule has 0 saturated carbocycles. The molecule has 0 unspecified atom stereocenters. The molecule has 7 heteroatoms. The van der Waals surface area contributed by atoms with Gasteiger partial charge in [-0.25, -0.2) is 0 Å². The zero-order chi connectivity index (χ0) is 26.6. The summed E-state index contributed by atoms with van der Waals surface area (Å²) in [7, 11) is 0. The molecule has 0 spiro atoms. The second-order valence-corrected chi connectivity index (χ2v) is 9.18. The number of phenolic OH excluding ortho intramolecular Hbond substituents is 2. The van der Waals surface area contributed by atoms with Crippen molar-refractivity contribution in [2.45, 2.75) is 20.8 Å². The third-order valence-electron chi connectivity index (χ3n) is 6.20. The standard InChI is InChI=1S/C31H27N5O2/c1-19-9-11-24(12-10-19)33-34-27-18-29(37)28(16-20(27)2)35-36-30-21(3)15-22-17-25(13-14-26(22)31(30)38)32-23-7-5-4-6-8-23/h4-18,32,37-38H,1-3H3. The fraction of sp³-hybridized carbons (Fsp3) is 0.0968. The van der Waals surface area contributed by atoms with E-state index >= 15 is 0 Å². The van der Waals surface area contributed by atoms with Crippen molar-refractivity contribution in [2.24, 2.45) is 20.5 Å². The van der Waals surface area contributed by atoms with E-state index in [1.165, 1.54) is 6.07 Å². The SMILES string of the molecule is Cc1ccc(N=Nc2cc(O)c(N=Nc3c(C)cc4cc(Nc5ccccc5)ccc4c3O)cc2C)cc1. The molecule has 5 aromatic rings. The molecule has 7 nitrogen and oxygen atoms in total. The zero-order valence-corrected chi connectivity index (χ0v) is 21.3. The third-order valence-corrected chi connectivity index (χ3v) is 6.20. The van der Waals surface area contributed by atoms with Gasteiger partial charge in [0.25, 0.3) is 0 Å². The van der Waals surface area contributed by atoms with Gasteiger partial charge in [0.2, 0.25) is 0 Å². The predicted octanol–water partition coefficient (Wildman–Crippen LogP) is 9.75. The van der Waals surface area contributed by atoms with Gasteiger partial charge in [-0.3, -0.25) is 0 Å². The maximum absolute atomic E-state index is 11.0. The number of anilines is 2. The maximum atomic E-state index is 11.0. The normalized spacial score (nSPS) is 11.6. The maximum Gasteiger partial charge on any atom is 0.151 e. The Morgan fingerprint density at radius 2 is 1.34 bits per heavy atom. The molecule has 0 bridgehead atoms. The van der Waals surface area contributed by atoms with Crippen LogP contribution in [0.2, 0.25) is 0 Å². The molecular formula is C31H27N5O2. The van der Waals surface area contributed by atoms with E-state index in [9.17, 15) is 10.2 Å². The Hall–Kier alpha value is -5.04. The largest absolute Gasteiger partial charge is 0.506 e. The van der Waals surface area contributed by atoms with Crippen molar-refractivity contribution >= 4 is 44.9 Å². The molecule has 0 saturated heterocycles. The summed E-state index contributed by atoms with van der Waals surface area (Å²) in [6.45, 7) is 5.74. The van der Waals surface area contributed by atoms with Gasteiger partial charge in [-0.15, -0.1) is 10.2 Å². The quantitative estimate of drug-likeness (QED) is 0.202. The van der Waals surface area contributed by atoms with Crippen molar-refractivity contribution in [1.82, 2.24) is 0 Å². The molecule has 3 N–H and O–H groups in total. The molecule has 0 atom stereocenters. The van der Waals surface area contributed by atoms with Gasteiger partial charge in [0, 0.05) is 22.8 Å². The topological polar surface area (TPSA) is 102 Å². The van der Waals surface area contributed by atoms with E-state index in [0.29, 0.717) is 16.8 Å². The van der Waals surface area contributed by atoms with Gasteiger partial charge in [-0.1, -0.05) is 35.9 Å². The highest BCUT2D eigenvalue weighted by molar-refractivity contribution is 5.96. The molecule has 0 amide bonds. The highest BCUT2D eigenvalue weighted by Crippen LogP contribution is 2.41. The molecular weight excluding hydrogens is 474 g/mol. The lowest BCUT2D eigenvalue weighted by molar-refractivity contribution is 0.475. The number of phenols is 2. The van der Waals surface area contributed by atoms with Crippen molar-refractivity contribution < 1.29 is 10.2 Å². The molecule has 0 radical (unpaired) electrons. The number of para-hydroxylation sites is 1. The molecule has 0 aliphatic rings. The Kier molecular flexibility index (Phi) is 6.82. The van der Waals surface area contributed by atoms with Gasteiger partial charge in [0.05, 0.1) is 11.4 Å². The number of rotatable bonds is 6. The first-order valence-electron chi connectivity index (χ1n) is 12.2. The van der Waals surface area contributed by atoms with Crippen LogP contribution in [0.3, 0.4) is 0 Å². The van der Waals surface area contributed by atoms with Crippen LogP contribution in [-0.2, 0) is 0 Å². The zero-order valence-electron chi connectivity index (χ0n) is 21.3. The third kappa shape index (κ3) is 5.37. The number of hydrogen-bond donors (Lipinski definition) is 3. The Morgan fingerprint density at radius 1 is 0.605 bits per heavy atom. The summed E-state index contributed by atoms with van der Waals surface area (Å²) < 4.78 is 0. The molecule has 188 valence electrons. The summed E-state index contributed by atoms with van der Waals surface area (Å²) in [6, 6.07) is 28.5. The van der Waals surface area contributed by atoms with Crippen LogP contribution in [0.1, 0.15) is 16.7 Å². The number of aromatic hydroxyl groups is 2. The van der Waals surface area contributed by atoms with Crippen LogP contribution < -0.4 is 5.32 Å². The van der Waals surface area contributed by atoms with Crippen molar-refractivity contribution in [1.29, 1.82) is 0 Å². The molecule has 5 aromatic carbocycles. The number of fused-ring (bicyclic) bond motifs is 1. The first-order valence-corrected chi connectivity index (χ1v) is 12.2. The van der Waals surface area contributed by atoms with Crippen LogP contribution in [-0.4, -0.2) is 10.2 Å². The summed E-state index contributed by atoms with van der Waals surface area (Å²) in [4.78, 5) is 0. The minimum atomic E-state index is -0.0771. The lowest BCUT2D eigenvalue weighted by atomic mass is 10.0. The number of hydrogen-bond acceptors (Lipinski definition) is 7. The number of benzene rings is 5. The fourth-order valence-electron chi connectivity index (χ4n) is 4.09. The monoisotopic (exact) mass is 501 g/mol. The van der Waals surface area contributed by atoms with Gasteiger partial charge in [0.15, 0.2) is 5.75 Å². The minimum Gasteiger partial charge on any atom is -0.506 e. The Labute approximate surface area is 220 Å². The van der Waals surface area contributed by atoms with E-state index in [-0.39, 0.29) is 17.2 Å². The number of nitrogens with zero attached hydrogens (tertiary/aromatic N) is 4. The molecule has 0 aromatic heterocycles. The van der Waals surface area contributed by atoms with Gasteiger partial charge < -0.3 is 15.5 Å². The summed E-state index contributed by atoms with van der Waals surface area (Å²) in [5.74, 6) is -0.0403. The van der Waals surface area contributed by atoms with Crippen LogP contribution in [0, 0.1) is 20.8 Å². The highest BCUT2D eigenvalue weighted by Gasteiger charge is 2.12. The summed E-state index contributed by atoms with van der Waals surface area (Å²) in [5.41, 5.74) is 6.47. The smallest absolute Gasteiger partial charge is 0.151 e. The lowest BCUT2D eigenvalue weighted by Crippen LogP contribution is -1.90. The average Bonchev–Trinajstić information content (AvgIpc) is 2.90. The van der Waals surface area contributed by atoms with Gasteiger partial charge in [0.1, 0.15) is 17.1 Å². The van der Waals surface area contributed by atoms with Crippen LogP contribution in [0.4, 0.5) is 34.1 Å². The molecule has 0 fully saturated rings. The van der Waals surface area contributed by atoms with Gasteiger partial charge in [-0.05, 0) is 91.9 Å². The summed E-state index contributed by atoms with van der Waals surface area (Å²) in [5, 5.41) is 43.5. The van der Waals surface area contributed by atoms with Crippen LogP contribution in [0.25, 0.3) is 10.8 Å². The van der Waals surface area contributed by atoms with Crippen molar-refractivity contribution in [3.05, 3.63) is 108 Å². The first-order chi connectivity index (χ1) is 18.4. The fourth-order valence-corrected chi connectivity index (χ4v) is 4.09. The Balaban J connectivity index is 1.40. The number of nitrogens with one attached hydrogen (secondary N) is 1. The Bertz CT molecular complexity index is 1680. The van der Waals surface area contributed by atoms with E-state index in [0.717, 1.165) is 39.1 Å². The molecule has 38 heavy (non-hydrogen) atoms.